The van der Waals surface area contributed by atoms with Gasteiger partial charge in [-0.2, -0.15) is 5.43 Å². The van der Waals surface area contributed by atoms with E-state index in [4.69, 9.17) is 4.74 Å². The van der Waals surface area contributed by atoms with Crippen molar-refractivity contribution < 1.29 is 19.5 Å². The molecule has 5 unspecified atom stereocenters. The van der Waals surface area contributed by atoms with E-state index < -0.39 is 5.54 Å². The van der Waals surface area contributed by atoms with Gasteiger partial charge in [-0.3, -0.25) is 14.8 Å². The summed E-state index contributed by atoms with van der Waals surface area (Å²) >= 11 is 0. The number of esters is 1. The summed E-state index contributed by atoms with van der Waals surface area (Å²) in [5, 5.41) is 11.0. The molecule has 0 aromatic rings. The number of carbonyl (C=O) groups excluding carboxylic acids is 2. The first kappa shape index (κ1) is 12.5. The van der Waals surface area contributed by atoms with Crippen LogP contribution in [0.3, 0.4) is 0 Å². The summed E-state index contributed by atoms with van der Waals surface area (Å²) in [6, 6.07) is 0. The van der Waals surface area contributed by atoms with Crippen LogP contribution in [0.15, 0.2) is 0 Å². The minimum atomic E-state index is -0.881. The second-order valence-corrected chi connectivity index (χ2v) is 5.01. The van der Waals surface area contributed by atoms with Crippen LogP contribution in [-0.4, -0.2) is 30.4 Å². The van der Waals surface area contributed by atoms with Crippen LogP contribution in [0.1, 0.15) is 20.8 Å². The molecule has 2 rings (SSSR count). The first-order chi connectivity index (χ1) is 7.91. The van der Waals surface area contributed by atoms with Gasteiger partial charge in [0.05, 0.1) is 12.5 Å². The molecule has 1 heterocycles. The largest absolute Gasteiger partial charge is 0.613 e. The van der Waals surface area contributed by atoms with E-state index in [9.17, 15) is 14.8 Å². The van der Waals surface area contributed by atoms with Gasteiger partial charge < -0.3 is 9.94 Å². The van der Waals surface area contributed by atoms with Gasteiger partial charge in [0.1, 0.15) is 5.54 Å². The molecule has 6 nitrogen and oxygen atoms in total. The number of ether oxygens (including phenoxy) is 1. The maximum atomic E-state index is 11.8. The molecule has 1 saturated heterocycles. The molecule has 0 spiro atoms. The molecule has 96 valence electrons. The first-order valence-corrected chi connectivity index (χ1v) is 5.92. The molecule has 1 aliphatic heterocycles. The summed E-state index contributed by atoms with van der Waals surface area (Å²) in [7, 11) is 0. The number of nitrogens with one attached hydrogen (secondary N) is 2. The highest BCUT2D eigenvalue weighted by atomic mass is 16.5. The van der Waals surface area contributed by atoms with Gasteiger partial charge in [0.2, 0.25) is 5.78 Å². The predicted molar refractivity (Wildman–Crippen MR) is 58.5 cm³/mol. The minimum absolute atomic E-state index is 0.0741. The van der Waals surface area contributed by atoms with Gasteiger partial charge in [-0.15, -0.1) is 0 Å². The van der Waals surface area contributed by atoms with E-state index in [2.05, 4.69) is 5.43 Å². The lowest BCUT2D eigenvalue weighted by Gasteiger charge is -2.23. The Hall–Kier alpha value is -0.980. The third kappa shape index (κ3) is 1.86. The lowest BCUT2D eigenvalue weighted by molar-refractivity contribution is -0.883. The molecular weight excluding hydrogens is 224 g/mol. The van der Waals surface area contributed by atoms with Crippen LogP contribution in [0.4, 0.5) is 0 Å². The maximum absolute atomic E-state index is 11.8. The molecular formula is C11H18N2O4. The van der Waals surface area contributed by atoms with E-state index in [1.807, 2.05) is 6.92 Å². The van der Waals surface area contributed by atoms with Crippen LogP contribution in [0, 0.1) is 23.0 Å². The van der Waals surface area contributed by atoms with Crippen molar-refractivity contribution in [2.45, 2.75) is 26.3 Å². The molecule has 0 radical (unpaired) electrons. The fourth-order valence-corrected chi connectivity index (χ4v) is 2.95. The Morgan fingerprint density at radius 3 is 2.82 bits per heavy atom. The molecule has 0 amide bonds. The van der Waals surface area contributed by atoms with Crippen molar-refractivity contribution in [1.29, 1.82) is 0 Å². The highest BCUT2D eigenvalue weighted by molar-refractivity contribution is 5.92. The zero-order valence-corrected chi connectivity index (χ0v) is 10.3. The van der Waals surface area contributed by atoms with Crippen molar-refractivity contribution in [2.24, 2.45) is 17.8 Å². The molecule has 2 fully saturated rings. The average Bonchev–Trinajstić information content (AvgIpc) is 2.82. The SMILES string of the molecule is CCOC(=O)C1C(C)C1C1(C)N[NH+]([O-])CC1=O. The summed E-state index contributed by atoms with van der Waals surface area (Å²) in [5.41, 5.74) is 1.82. The quantitative estimate of drug-likeness (QED) is 0.473. The molecule has 2 aliphatic rings. The third-order valence-electron chi connectivity index (χ3n) is 3.90. The highest BCUT2D eigenvalue weighted by Crippen LogP contribution is 2.53. The fourth-order valence-electron chi connectivity index (χ4n) is 2.95. The average molecular weight is 242 g/mol. The van der Waals surface area contributed by atoms with Gasteiger partial charge in [-0.1, -0.05) is 6.92 Å². The molecule has 17 heavy (non-hydrogen) atoms. The lowest BCUT2D eigenvalue weighted by atomic mass is 9.90. The van der Waals surface area contributed by atoms with Crippen molar-refractivity contribution in [3.05, 3.63) is 5.21 Å². The van der Waals surface area contributed by atoms with Gasteiger partial charge in [-0.25, -0.2) is 0 Å². The number of hydrogen-bond acceptors (Lipinski definition) is 5. The number of rotatable bonds is 3. The van der Waals surface area contributed by atoms with E-state index in [0.717, 1.165) is 0 Å². The number of Topliss-reactive ketones (excluding diaryl/α,β-unsaturated/α-hetero) is 1. The summed E-state index contributed by atoms with van der Waals surface area (Å²) in [6.07, 6.45) is 0. The van der Waals surface area contributed by atoms with E-state index in [1.54, 1.807) is 13.8 Å². The van der Waals surface area contributed by atoms with Crippen LogP contribution in [0.5, 0.6) is 0 Å². The van der Waals surface area contributed by atoms with Crippen molar-refractivity contribution >= 4 is 11.8 Å². The Morgan fingerprint density at radius 1 is 1.71 bits per heavy atom. The molecule has 2 N–H and O–H groups in total. The minimum Gasteiger partial charge on any atom is -0.613 e. The second-order valence-electron chi connectivity index (χ2n) is 5.01. The van der Waals surface area contributed by atoms with Gasteiger partial charge in [0, 0.05) is 5.92 Å². The number of quaternary nitrogens is 1. The Kier molecular flexibility index (Phi) is 2.97. The molecule has 0 aromatic heterocycles. The topological polar surface area (TPSA) is 82.9 Å². The number of carbonyl (C=O) groups is 2. The number of hydroxylamine groups is 1. The van der Waals surface area contributed by atoms with Gasteiger partial charge in [0.15, 0.2) is 6.54 Å². The van der Waals surface area contributed by atoms with E-state index >= 15 is 0 Å². The predicted octanol–water partition coefficient (Wildman–Crippen LogP) is -1.34. The Bertz CT molecular complexity index is 359. The van der Waals surface area contributed by atoms with Gasteiger partial charge >= 0.3 is 5.97 Å². The second kappa shape index (κ2) is 4.04. The summed E-state index contributed by atoms with van der Waals surface area (Å²) in [4.78, 5) is 23.5. The molecule has 6 heteroatoms. The molecule has 1 saturated carbocycles. The van der Waals surface area contributed by atoms with Crippen molar-refractivity contribution in [3.63, 3.8) is 0 Å². The standard InChI is InChI=1S/C11H18N2O4/c1-4-17-10(15)8-6(2)9(8)11(3)7(14)5-13(16)12-11/h6,8-9,12-13H,4-5H2,1-3H3. The summed E-state index contributed by atoms with van der Waals surface area (Å²) in [5.74, 6) is -0.685. The zero-order valence-electron chi connectivity index (χ0n) is 10.3. The number of ketones is 1. The molecule has 1 aliphatic carbocycles. The number of hydrogen-bond donors (Lipinski definition) is 2. The zero-order chi connectivity index (χ0) is 12.8. The monoisotopic (exact) mass is 242 g/mol. The van der Waals surface area contributed by atoms with E-state index in [-0.39, 0.29) is 41.2 Å². The normalized spacial score (nSPS) is 44.8. The molecule has 0 bridgehead atoms. The Morgan fingerprint density at radius 2 is 2.35 bits per heavy atom. The van der Waals surface area contributed by atoms with Gasteiger partial charge in [-0.05, 0) is 19.8 Å². The highest BCUT2D eigenvalue weighted by Gasteiger charge is 2.66. The maximum Gasteiger partial charge on any atom is 0.309 e. The van der Waals surface area contributed by atoms with Crippen LogP contribution in [-0.2, 0) is 14.3 Å². The molecule has 5 atom stereocenters. The summed E-state index contributed by atoms with van der Waals surface area (Å²) < 4.78 is 4.97. The van der Waals surface area contributed by atoms with Crippen LogP contribution >= 0.6 is 0 Å². The van der Waals surface area contributed by atoms with Crippen molar-refractivity contribution in [3.8, 4) is 0 Å². The van der Waals surface area contributed by atoms with Crippen molar-refractivity contribution in [1.82, 2.24) is 5.43 Å². The van der Waals surface area contributed by atoms with E-state index in [0.29, 0.717) is 6.61 Å². The smallest absolute Gasteiger partial charge is 0.309 e. The fraction of sp³-hybridized carbons (Fsp3) is 0.818. The van der Waals surface area contributed by atoms with E-state index in [1.165, 1.54) is 0 Å². The van der Waals surface area contributed by atoms with Gasteiger partial charge in [0.25, 0.3) is 0 Å². The van der Waals surface area contributed by atoms with Crippen LogP contribution in [0.25, 0.3) is 0 Å². The van der Waals surface area contributed by atoms with Crippen LogP contribution < -0.4 is 10.6 Å². The summed E-state index contributed by atoms with van der Waals surface area (Å²) in [6.45, 7) is 5.64. The lowest BCUT2D eigenvalue weighted by Crippen LogP contribution is -3.12. The molecule has 0 aromatic carbocycles. The first-order valence-electron chi connectivity index (χ1n) is 5.92. The Balaban J connectivity index is 2.10. The van der Waals surface area contributed by atoms with Crippen molar-refractivity contribution in [2.75, 3.05) is 13.2 Å². The van der Waals surface area contributed by atoms with Crippen LogP contribution in [0.2, 0.25) is 0 Å². The Labute approximate surface area is 99.8 Å². The third-order valence-corrected chi connectivity index (χ3v) is 3.90.